The standard InChI is InChI=1S/C20H22N4O5S/c1-12-11-18(22-13(2)21-12)24-30(28,29)15-9-7-14(8-10-15)23-19(25)16-5-3-4-6-17(16)20(26)27/h3-4,7-11,16-17H,5-6H2,1-2H3,(H,23,25)(H,26,27)(H,21,22,24). The van der Waals surface area contributed by atoms with Crippen molar-refractivity contribution in [2.45, 2.75) is 31.6 Å². The van der Waals surface area contributed by atoms with Crippen molar-refractivity contribution < 1.29 is 23.1 Å². The van der Waals surface area contributed by atoms with E-state index < -0.39 is 33.7 Å². The third kappa shape index (κ3) is 5.01. The summed E-state index contributed by atoms with van der Waals surface area (Å²) in [6.07, 6.45) is 4.20. The van der Waals surface area contributed by atoms with Crippen molar-refractivity contribution in [3.05, 3.63) is 54.0 Å². The van der Waals surface area contributed by atoms with Crippen LogP contribution in [0.4, 0.5) is 11.5 Å². The summed E-state index contributed by atoms with van der Waals surface area (Å²) in [6.45, 7) is 3.40. The molecule has 1 aromatic heterocycles. The van der Waals surface area contributed by atoms with E-state index >= 15 is 0 Å². The number of nitrogens with one attached hydrogen (secondary N) is 2. The Morgan fingerprint density at radius 2 is 1.67 bits per heavy atom. The molecule has 9 nitrogen and oxygen atoms in total. The van der Waals surface area contributed by atoms with Crippen LogP contribution in [0.25, 0.3) is 0 Å². The van der Waals surface area contributed by atoms with Crippen molar-refractivity contribution in [1.82, 2.24) is 9.97 Å². The Morgan fingerprint density at radius 3 is 2.27 bits per heavy atom. The number of sulfonamides is 1. The van der Waals surface area contributed by atoms with E-state index in [1.807, 2.05) is 0 Å². The highest BCUT2D eigenvalue weighted by Gasteiger charge is 2.34. The first kappa shape index (κ1) is 21.4. The zero-order valence-electron chi connectivity index (χ0n) is 16.5. The molecule has 1 aliphatic carbocycles. The van der Waals surface area contributed by atoms with Crippen LogP contribution in [-0.4, -0.2) is 35.4 Å². The second-order valence-electron chi connectivity index (χ2n) is 7.05. The van der Waals surface area contributed by atoms with E-state index in [2.05, 4.69) is 20.0 Å². The van der Waals surface area contributed by atoms with Crippen LogP contribution in [0.5, 0.6) is 0 Å². The number of allylic oxidation sites excluding steroid dienone is 2. The average Bonchev–Trinajstić information content (AvgIpc) is 2.67. The molecule has 30 heavy (non-hydrogen) atoms. The topological polar surface area (TPSA) is 138 Å². The van der Waals surface area contributed by atoms with E-state index in [9.17, 15) is 23.1 Å². The van der Waals surface area contributed by atoms with Gasteiger partial charge >= 0.3 is 5.97 Å². The molecule has 10 heteroatoms. The molecule has 1 aromatic carbocycles. The maximum absolute atomic E-state index is 12.6. The van der Waals surface area contributed by atoms with Gasteiger partial charge in [0.25, 0.3) is 10.0 Å². The number of aliphatic carboxylic acids is 1. The van der Waals surface area contributed by atoms with Crippen LogP contribution in [-0.2, 0) is 19.6 Å². The number of nitrogens with zero attached hydrogens (tertiary/aromatic N) is 2. The van der Waals surface area contributed by atoms with Gasteiger partial charge in [-0.25, -0.2) is 18.4 Å². The first-order valence-corrected chi connectivity index (χ1v) is 10.8. The Bertz CT molecular complexity index is 1080. The van der Waals surface area contributed by atoms with Crippen LogP contribution in [0, 0.1) is 25.7 Å². The van der Waals surface area contributed by atoms with Crippen molar-refractivity contribution >= 4 is 33.4 Å². The molecule has 1 amide bonds. The van der Waals surface area contributed by atoms with Crippen LogP contribution in [0.1, 0.15) is 24.4 Å². The van der Waals surface area contributed by atoms with Gasteiger partial charge in [0.1, 0.15) is 11.6 Å². The van der Waals surface area contributed by atoms with Crippen molar-refractivity contribution in [2.75, 3.05) is 10.0 Å². The summed E-state index contributed by atoms with van der Waals surface area (Å²) in [5.41, 5.74) is 1.02. The van der Waals surface area contributed by atoms with E-state index in [0.29, 0.717) is 30.0 Å². The van der Waals surface area contributed by atoms with Crippen LogP contribution in [0.3, 0.4) is 0 Å². The Hall–Kier alpha value is -3.27. The van der Waals surface area contributed by atoms with E-state index in [0.717, 1.165) is 0 Å². The SMILES string of the molecule is Cc1cc(NS(=O)(=O)c2ccc(NC(=O)C3CC=CCC3C(=O)O)cc2)nc(C)n1. The normalized spacial score (nSPS) is 18.6. The molecule has 0 fully saturated rings. The minimum atomic E-state index is -3.87. The number of carbonyl (C=O) groups excluding carboxylic acids is 1. The fraction of sp³-hybridized carbons (Fsp3) is 0.300. The van der Waals surface area contributed by atoms with E-state index in [1.54, 1.807) is 26.0 Å². The molecular weight excluding hydrogens is 408 g/mol. The number of aryl methyl sites for hydroxylation is 2. The lowest BCUT2D eigenvalue weighted by Gasteiger charge is -2.24. The average molecular weight is 430 g/mol. The summed E-state index contributed by atoms with van der Waals surface area (Å²) >= 11 is 0. The van der Waals surface area contributed by atoms with Crippen LogP contribution in [0.2, 0.25) is 0 Å². The summed E-state index contributed by atoms with van der Waals surface area (Å²) in [7, 11) is -3.87. The number of carboxylic acid groups (broad SMARTS) is 1. The van der Waals surface area contributed by atoms with Gasteiger partial charge in [-0.1, -0.05) is 12.2 Å². The maximum atomic E-state index is 12.6. The number of aromatic nitrogens is 2. The predicted octanol–water partition coefficient (Wildman–Crippen LogP) is 2.50. The van der Waals surface area contributed by atoms with Crippen molar-refractivity contribution in [3.8, 4) is 0 Å². The first-order valence-electron chi connectivity index (χ1n) is 9.29. The Kier molecular flexibility index (Phi) is 6.16. The number of hydrogen-bond acceptors (Lipinski definition) is 6. The van der Waals surface area contributed by atoms with Crippen molar-refractivity contribution in [3.63, 3.8) is 0 Å². The van der Waals surface area contributed by atoms with E-state index in [-0.39, 0.29) is 10.7 Å². The summed E-state index contributed by atoms with van der Waals surface area (Å²) in [6, 6.07) is 7.15. The highest BCUT2D eigenvalue weighted by Crippen LogP contribution is 2.27. The van der Waals surface area contributed by atoms with Gasteiger partial charge in [-0.05, 0) is 51.0 Å². The first-order chi connectivity index (χ1) is 14.2. The number of carbonyl (C=O) groups is 2. The molecule has 1 aliphatic rings. The Morgan fingerprint density at radius 1 is 1.03 bits per heavy atom. The maximum Gasteiger partial charge on any atom is 0.307 e. The second-order valence-corrected chi connectivity index (χ2v) is 8.74. The zero-order valence-corrected chi connectivity index (χ0v) is 17.3. The molecule has 0 bridgehead atoms. The lowest BCUT2D eigenvalue weighted by Crippen LogP contribution is -2.34. The minimum absolute atomic E-state index is 0.00145. The van der Waals surface area contributed by atoms with Gasteiger partial charge in [0.15, 0.2) is 0 Å². The highest BCUT2D eigenvalue weighted by molar-refractivity contribution is 7.92. The lowest BCUT2D eigenvalue weighted by molar-refractivity contribution is -0.146. The van der Waals surface area contributed by atoms with Crippen molar-refractivity contribution in [2.24, 2.45) is 11.8 Å². The number of benzene rings is 1. The predicted molar refractivity (Wildman–Crippen MR) is 110 cm³/mol. The molecular formula is C20H22N4O5S. The van der Waals surface area contributed by atoms with Crippen molar-refractivity contribution in [1.29, 1.82) is 0 Å². The molecule has 2 unspecified atom stereocenters. The number of carboxylic acids is 1. The molecule has 3 N–H and O–H groups in total. The van der Waals surface area contributed by atoms with Gasteiger partial charge in [0.05, 0.1) is 16.7 Å². The van der Waals surface area contributed by atoms with Gasteiger partial charge in [0.2, 0.25) is 5.91 Å². The van der Waals surface area contributed by atoms with Gasteiger partial charge in [0, 0.05) is 17.4 Å². The summed E-state index contributed by atoms with van der Waals surface area (Å²) < 4.78 is 27.6. The van der Waals surface area contributed by atoms with Crippen LogP contribution < -0.4 is 10.0 Å². The number of rotatable bonds is 6. The molecule has 3 rings (SSSR count). The molecule has 2 atom stereocenters. The molecule has 1 heterocycles. The fourth-order valence-corrected chi connectivity index (χ4v) is 4.29. The number of amides is 1. The molecule has 2 aromatic rings. The van der Waals surface area contributed by atoms with Crippen LogP contribution >= 0.6 is 0 Å². The molecule has 158 valence electrons. The third-order valence-corrected chi connectivity index (χ3v) is 6.09. The molecule has 0 spiro atoms. The number of hydrogen-bond donors (Lipinski definition) is 3. The Balaban J connectivity index is 1.71. The number of anilines is 2. The second kappa shape index (κ2) is 8.62. The van der Waals surface area contributed by atoms with Gasteiger partial charge in [-0.15, -0.1) is 0 Å². The zero-order chi connectivity index (χ0) is 21.9. The lowest BCUT2D eigenvalue weighted by atomic mass is 9.82. The monoisotopic (exact) mass is 430 g/mol. The van der Waals surface area contributed by atoms with Gasteiger partial charge in [-0.2, -0.15) is 0 Å². The van der Waals surface area contributed by atoms with Gasteiger partial charge in [-0.3, -0.25) is 14.3 Å². The minimum Gasteiger partial charge on any atom is -0.481 e. The summed E-state index contributed by atoms with van der Waals surface area (Å²) in [5, 5.41) is 12.0. The quantitative estimate of drug-likeness (QED) is 0.599. The summed E-state index contributed by atoms with van der Waals surface area (Å²) in [4.78, 5) is 32.1. The smallest absolute Gasteiger partial charge is 0.307 e. The van der Waals surface area contributed by atoms with Gasteiger partial charge < -0.3 is 10.4 Å². The molecule has 0 radical (unpaired) electrons. The fourth-order valence-electron chi connectivity index (χ4n) is 3.30. The third-order valence-electron chi connectivity index (χ3n) is 4.72. The van der Waals surface area contributed by atoms with E-state index in [1.165, 1.54) is 30.3 Å². The summed E-state index contributed by atoms with van der Waals surface area (Å²) in [5.74, 6) is -2.26. The molecule has 0 saturated heterocycles. The van der Waals surface area contributed by atoms with E-state index in [4.69, 9.17) is 0 Å². The Labute approximate surface area is 174 Å². The largest absolute Gasteiger partial charge is 0.481 e. The molecule has 0 saturated carbocycles. The van der Waals surface area contributed by atoms with Crippen LogP contribution in [0.15, 0.2) is 47.4 Å². The molecule has 0 aliphatic heterocycles. The highest BCUT2D eigenvalue weighted by atomic mass is 32.2.